The summed E-state index contributed by atoms with van der Waals surface area (Å²) in [6.07, 6.45) is 1.46. The van der Waals surface area contributed by atoms with Crippen molar-refractivity contribution in [3.63, 3.8) is 0 Å². The molecule has 1 heterocycles. The van der Waals surface area contributed by atoms with Gasteiger partial charge in [0.2, 0.25) is 0 Å². The maximum absolute atomic E-state index is 14.0. The van der Waals surface area contributed by atoms with Gasteiger partial charge in [-0.05, 0) is 73.1 Å². The number of benzene rings is 2. The van der Waals surface area contributed by atoms with Crippen LogP contribution >= 0.6 is 0 Å². The van der Waals surface area contributed by atoms with Crippen molar-refractivity contribution in [1.29, 1.82) is 0 Å². The summed E-state index contributed by atoms with van der Waals surface area (Å²) in [5.41, 5.74) is 1.40. The topological polar surface area (TPSA) is 43.7 Å². The number of fused-ring (bicyclic) bond motifs is 1. The Morgan fingerprint density at radius 3 is 2.30 bits per heavy atom. The fraction of sp³-hybridized carbons (Fsp3) is 0.455. The number of aliphatic hydroxyl groups excluding tert-OH is 1. The number of hydrogen-bond donors (Lipinski definition) is 2. The van der Waals surface area contributed by atoms with Crippen LogP contribution in [-0.2, 0) is 5.60 Å². The molecule has 3 unspecified atom stereocenters. The largest absolute Gasteiger partial charge is 0.385 e. The maximum atomic E-state index is 14.0. The number of piperidine rings is 1. The fourth-order valence-corrected chi connectivity index (χ4v) is 4.87. The van der Waals surface area contributed by atoms with E-state index in [0.717, 1.165) is 24.0 Å². The third-order valence-electron chi connectivity index (χ3n) is 6.38. The van der Waals surface area contributed by atoms with Gasteiger partial charge in [0.05, 0.1) is 5.60 Å². The summed E-state index contributed by atoms with van der Waals surface area (Å²) >= 11 is 0. The molecule has 0 radical (unpaired) electrons. The van der Waals surface area contributed by atoms with E-state index < -0.39 is 11.8 Å². The van der Waals surface area contributed by atoms with Crippen molar-refractivity contribution in [2.24, 2.45) is 5.92 Å². The van der Waals surface area contributed by atoms with Gasteiger partial charge in [-0.1, -0.05) is 18.2 Å². The van der Waals surface area contributed by atoms with Gasteiger partial charge in [-0.15, -0.1) is 0 Å². The molecule has 2 aromatic carbocycles. The Morgan fingerprint density at radius 1 is 1.04 bits per heavy atom. The molecule has 5 heteroatoms. The minimum atomic E-state index is -1.11. The zero-order valence-corrected chi connectivity index (χ0v) is 15.4. The number of likely N-dealkylation sites (tertiary alicyclic amines) is 1. The summed E-state index contributed by atoms with van der Waals surface area (Å²) < 4.78 is 27.4. The quantitative estimate of drug-likeness (QED) is 0.862. The summed E-state index contributed by atoms with van der Waals surface area (Å²) in [7, 11) is 0. The van der Waals surface area contributed by atoms with Crippen LogP contribution in [0.4, 0.5) is 8.78 Å². The molecule has 144 valence electrons. The van der Waals surface area contributed by atoms with Crippen LogP contribution in [0, 0.1) is 17.6 Å². The normalized spacial score (nSPS) is 27.5. The van der Waals surface area contributed by atoms with Crippen molar-refractivity contribution in [2.75, 3.05) is 13.1 Å². The van der Waals surface area contributed by atoms with Crippen molar-refractivity contribution in [2.45, 2.75) is 43.9 Å². The van der Waals surface area contributed by atoms with E-state index in [1.165, 1.54) is 24.3 Å². The Kier molecular flexibility index (Phi) is 4.78. The highest BCUT2D eigenvalue weighted by atomic mass is 19.1. The number of nitrogens with zero attached hydrogens (tertiary/aromatic N) is 1. The van der Waals surface area contributed by atoms with Crippen LogP contribution in [-0.4, -0.2) is 34.4 Å². The van der Waals surface area contributed by atoms with Gasteiger partial charge in [0.1, 0.15) is 17.9 Å². The van der Waals surface area contributed by atoms with E-state index in [2.05, 4.69) is 0 Å². The average molecular weight is 373 g/mol. The van der Waals surface area contributed by atoms with Crippen LogP contribution in [0.15, 0.2) is 42.5 Å². The molecular formula is C22H25F2NO2. The molecule has 1 saturated heterocycles. The van der Waals surface area contributed by atoms with Crippen molar-refractivity contribution >= 4 is 0 Å². The third kappa shape index (κ3) is 3.28. The molecule has 1 aliphatic heterocycles. The highest BCUT2D eigenvalue weighted by Crippen LogP contribution is 2.53. The van der Waals surface area contributed by atoms with Crippen LogP contribution in [0.1, 0.15) is 48.8 Å². The Hall–Kier alpha value is -1.82. The molecule has 2 aliphatic rings. The first kappa shape index (κ1) is 18.5. The molecule has 2 N–H and O–H groups in total. The second-order valence-corrected chi connectivity index (χ2v) is 7.91. The highest BCUT2D eigenvalue weighted by Gasteiger charge is 2.48. The Balaban J connectivity index is 1.68. The Labute approximate surface area is 158 Å². The van der Waals surface area contributed by atoms with Gasteiger partial charge in [-0.2, -0.15) is 0 Å². The van der Waals surface area contributed by atoms with E-state index in [1.54, 1.807) is 25.1 Å². The minimum Gasteiger partial charge on any atom is -0.385 e. The molecule has 1 aliphatic carbocycles. The molecule has 27 heavy (non-hydrogen) atoms. The van der Waals surface area contributed by atoms with Gasteiger partial charge < -0.3 is 10.2 Å². The molecule has 2 aromatic rings. The van der Waals surface area contributed by atoms with Crippen molar-refractivity contribution in [3.8, 4) is 0 Å². The van der Waals surface area contributed by atoms with E-state index in [4.69, 9.17) is 0 Å². The predicted octanol–water partition coefficient (Wildman–Crippen LogP) is 3.74. The van der Waals surface area contributed by atoms with Crippen LogP contribution in [0.2, 0.25) is 0 Å². The van der Waals surface area contributed by atoms with Gasteiger partial charge in [-0.3, -0.25) is 4.90 Å². The first-order chi connectivity index (χ1) is 12.9. The van der Waals surface area contributed by atoms with Gasteiger partial charge >= 0.3 is 0 Å². The van der Waals surface area contributed by atoms with Crippen molar-refractivity contribution in [1.82, 2.24) is 4.90 Å². The Morgan fingerprint density at radius 2 is 1.67 bits per heavy atom. The van der Waals surface area contributed by atoms with E-state index in [1.807, 2.05) is 4.90 Å². The number of halogens is 2. The minimum absolute atomic E-state index is 0.00139. The lowest BCUT2D eigenvalue weighted by Crippen LogP contribution is -2.45. The first-order valence-electron chi connectivity index (χ1n) is 9.58. The molecule has 0 aromatic heterocycles. The zero-order chi connectivity index (χ0) is 19.2. The molecule has 0 bridgehead atoms. The summed E-state index contributed by atoms with van der Waals surface area (Å²) in [6.45, 7) is 3.16. The summed E-state index contributed by atoms with van der Waals surface area (Å²) in [5, 5.41) is 21.5. The predicted molar refractivity (Wildman–Crippen MR) is 99.1 cm³/mol. The second-order valence-electron chi connectivity index (χ2n) is 7.91. The monoisotopic (exact) mass is 373 g/mol. The molecule has 3 nitrogen and oxygen atoms in total. The molecule has 0 saturated carbocycles. The Bertz CT molecular complexity index is 816. The summed E-state index contributed by atoms with van der Waals surface area (Å²) in [5.74, 6) is -0.732. The average Bonchev–Trinajstić information content (AvgIpc) is 2.96. The lowest BCUT2D eigenvalue weighted by atomic mass is 9.76. The van der Waals surface area contributed by atoms with Crippen LogP contribution in [0.25, 0.3) is 0 Å². The standard InChI is InChI=1S/C22H25F2NO2/c1-14(26)25-10-8-16(9-11-25)22(27)13-20(15-2-4-17(23)5-3-15)19-7-6-18(24)12-21(19)22/h2-7,12,14,16,20,26-27H,8-11,13H2,1H3. The maximum Gasteiger partial charge on any atom is 0.123 e. The smallest absolute Gasteiger partial charge is 0.123 e. The number of aliphatic hydroxyl groups is 2. The SMILES string of the molecule is CC(O)N1CCC(C2(O)CC(c3ccc(F)cc3)c3ccc(F)cc32)CC1. The number of rotatable bonds is 3. The van der Waals surface area contributed by atoms with Gasteiger partial charge in [0.25, 0.3) is 0 Å². The molecular weight excluding hydrogens is 348 g/mol. The molecule has 0 amide bonds. The second kappa shape index (κ2) is 6.97. The lowest BCUT2D eigenvalue weighted by Gasteiger charge is -2.41. The molecule has 1 fully saturated rings. The summed E-state index contributed by atoms with van der Waals surface area (Å²) in [4.78, 5) is 1.98. The number of hydrogen-bond acceptors (Lipinski definition) is 3. The highest BCUT2D eigenvalue weighted by molar-refractivity contribution is 5.47. The molecule has 4 rings (SSSR count). The molecule has 0 spiro atoms. The molecule has 3 atom stereocenters. The van der Waals surface area contributed by atoms with Crippen molar-refractivity contribution < 1.29 is 19.0 Å². The third-order valence-corrected chi connectivity index (χ3v) is 6.38. The fourth-order valence-electron chi connectivity index (χ4n) is 4.87. The van der Waals surface area contributed by atoms with Crippen LogP contribution < -0.4 is 0 Å². The summed E-state index contributed by atoms with van der Waals surface area (Å²) in [6, 6.07) is 11.0. The van der Waals surface area contributed by atoms with Gasteiger partial charge in [0.15, 0.2) is 0 Å². The van der Waals surface area contributed by atoms with Crippen molar-refractivity contribution in [3.05, 3.63) is 70.8 Å². The zero-order valence-electron chi connectivity index (χ0n) is 15.4. The van der Waals surface area contributed by atoms with Crippen LogP contribution in [0.3, 0.4) is 0 Å². The van der Waals surface area contributed by atoms with E-state index in [0.29, 0.717) is 25.1 Å². The van der Waals surface area contributed by atoms with Crippen LogP contribution in [0.5, 0.6) is 0 Å². The van der Waals surface area contributed by atoms with Gasteiger partial charge in [-0.25, -0.2) is 8.78 Å². The van der Waals surface area contributed by atoms with E-state index >= 15 is 0 Å². The first-order valence-corrected chi connectivity index (χ1v) is 9.58. The van der Waals surface area contributed by atoms with E-state index in [9.17, 15) is 19.0 Å². The van der Waals surface area contributed by atoms with E-state index in [-0.39, 0.29) is 23.5 Å². The lowest BCUT2D eigenvalue weighted by molar-refractivity contribution is -0.0725. The van der Waals surface area contributed by atoms with Gasteiger partial charge in [0, 0.05) is 19.0 Å².